The summed E-state index contributed by atoms with van der Waals surface area (Å²) >= 11 is 0. The molecule has 0 atom stereocenters. The van der Waals surface area contributed by atoms with Gasteiger partial charge < -0.3 is 14.9 Å². The Morgan fingerprint density at radius 1 is 1.21 bits per heavy atom. The van der Waals surface area contributed by atoms with Crippen molar-refractivity contribution in [1.82, 2.24) is 15.1 Å². The molecule has 0 aliphatic rings. The normalized spacial score (nSPS) is 10.1. The molecular weight excluding hydrogens is 248 g/mol. The van der Waals surface area contributed by atoms with E-state index in [-0.39, 0.29) is 18.1 Å². The molecule has 1 heterocycles. The van der Waals surface area contributed by atoms with Crippen LogP contribution in [-0.4, -0.2) is 58.8 Å². The molecule has 7 heteroatoms. The zero-order valence-electron chi connectivity index (χ0n) is 11.3. The molecule has 0 saturated heterocycles. The molecule has 1 rings (SSSR count). The number of hydrogen-bond acceptors (Lipinski definition) is 5. The van der Waals surface area contributed by atoms with E-state index < -0.39 is 5.97 Å². The SMILES string of the molecule is CCN(CC)C(=O)CN(C)c1ccc(C(=O)O)nn1. The molecule has 104 valence electrons. The number of nitrogens with zero attached hydrogens (tertiary/aromatic N) is 4. The van der Waals surface area contributed by atoms with E-state index in [9.17, 15) is 9.59 Å². The van der Waals surface area contributed by atoms with Crippen LogP contribution >= 0.6 is 0 Å². The van der Waals surface area contributed by atoms with Gasteiger partial charge in [-0.15, -0.1) is 10.2 Å². The van der Waals surface area contributed by atoms with Crippen LogP contribution in [0.5, 0.6) is 0 Å². The molecule has 0 radical (unpaired) electrons. The van der Waals surface area contributed by atoms with E-state index >= 15 is 0 Å². The number of aromatic carboxylic acids is 1. The summed E-state index contributed by atoms with van der Waals surface area (Å²) in [5.74, 6) is -0.664. The molecule has 0 unspecified atom stereocenters. The van der Waals surface area contributed by atoms with Crippen LogP contribution in [0.15, 0.2) is 12.1 Å². The van der Waals surface area contributed by atoms with Gasteiger partial charge in [-0.25, -0.2) is 4.79 Å². The van der Waals surface area contributed by atoms with Crippen LogP contribution in [0.1, 0.15) is 24.3 Å². The summed E-state index contributed by atoms with van der Waals surface area (Å²) in [5.41, 5.74) is -0.118. The maximum Gasteiger partial charge on any atom is 0.356 e. The Kier molecular flexibility index (Phi) is 5.23. The minimum Gasteiger partial charge on any atom is -0.476 e. The first-order chi connectivity index (χ1) is 8.99. The first kappa shape index (κ1) is 14.9. The first-order valence-corrected chi connectivity index (χ1v) is 6.05. The van der Waals surface area contributed by atoms with Crippen molar-refractivity contribution in [1.29, 1.82) is 0 Å². The van der Waals surface area contributed by atoms with E-state index in [2.05, 4.69) is 10.2 Å². The second-order valence-electron chi connectivity index (χ2n) is 4.00. The van der Waals surface area contributed by atoms with Gasteiger partial charge in [-0.2, -0.15) is 0 Å². The predicted molar refractivity (Wildman–Crippen MR) is 70.2 cm³/mol. The van der Waals surface area contributed by atoms with Gasteiger partial charge >= 0.3 is 5.97 Å². The fourth-order valence-corrected chi connectivity index (χ4v) is 1.60. The van der Waals surface area contributed by atoms with E-state index in [1.807, 2.05) is 13.8 Å². The monoisotopic (exact) mass is 266 g/mol. The summed E-state index contributed by atoms with van der Waals surface area (Å²) in [7, 11) is 1.71. The lowest BCUT2D eigenvalue weighted by atomic mass is 10.3. The number of likely N-dealkylation sites (N-methyl/N-ethyl adjacent to an activating group) is 2. The highest BCUT2D eigenvalue weighted by atomic mass is 16.4. The summed E-state index contributed by atoms with van der Waals surface area (Å²) in [6.45, 7) is 5.34. The molecule has 7 nitrogen and oxygen atoms in total. The van der Waals surface area contributed by atoms with Crippen LogP contribution in [0, 0.1) is 0 Å². The minimum absolute atomic E-state index is 0.00314. The summed E-state index contributed by atoms with van der Waals surface area (Å²) < 4.78 is 0. The zero-order valence-corrected chi connectivity index (χ0v) is 11.3. The van der Waals surface area contributed by atoms with Gasteiger partial charge in [-0.3, -0.25) is 4.79 Å². The van der Waals surface area contributed by atoms with E-state index in [4.69, 9.17) is 5.11 Å². The van der Waals surface area contributed by atoms with Gasteiger partial charge in [-0.1, -0.05) is 0 Å². The fraction of sp³-hybridized carbons (Fsp3) is 0.500. The van der Waals surface area contributed by atoms with Crippen molar-refractivity contribution in [3.63, 3.8) is 0 Å². The van der Waals surface area contributed by atoms with Gasteiger partial charge in [0.2, 0.25) is 5.91 Å². The molecule has 0 aliphatic heterocycles. The zero-order chi connectivity index (χ0) is 14.4. The Labute approximate surface area is 111 Å². The number of anilines is 1. The van der Waals surface area contributed by atoms with Crippen molar-refractivity contribution < 1.29 is 14.7 Å². The standard InChI is InChI=1S/C12H18N4O3/c1-4-16(5-2)11(17)8-15(3)10-7-6-9(12(18)19)13-14-10/h6-7H,4-5,8H2,1-3H3,(H,18,19). The average molecular weight is 266 g/mol. The van der Waals surface area contributed by atoms with Crippen LogP contribution in [-0.2, 0) is 4.79 Å². The van der Waals surface area contributed by atoms with Crippen LogP contribution in [0.4, 0.5) is 5.82 Å². The highest BCUT2D eigenvalue weighted by Crippen LogP contribution is 2.07. The van der Waals surface area contributed by atoms with Gasteiger partial charge in [0.1, 0.15) is 0 Å². The molecule has 1 aromatic heterocycles. The van der Waals surface area contributed by atoms with Crippen molar-refractivity contribution >= 4 is 17.7 Å². The molecule has 0 bridgehead atoms. The summed E-state index contributed by atoms with van der Waals surface area (Å²) in [6, 6.07) is 2.90. The van der Waals surface area contributed by atoms with Crippen molar-refractivity contribution in [2.75, 3.05) is 31.6 Å². The third-order valence-corrected chi connectivity index (χ3v) is 2.75. The third-order valence-electron chi connectivity index (χ3n) is 2.75. The van der Waals surface area contributed by atoms with Crippen molar-refractivity contribution in [3.8, 4) is 0 Å². The largest absolute Gasteiger partial charge is 0.476 e. The van der Waals surface area contributed by atoms with E-state index in [0.29, 0.717) is 18.9 Å². The van der Waals surface area contributed by atoms with Gasteiger partial charge in [0, 0.05) is 20.1 Å². The smallest absolute Gasteiger partial charge is 0.356 e. The number of carboxylic acids is 1. The Bertz CT molecular complexity index is 443. The lowest BCUT2D eigenvalue weighted by Gasteiger charge is -2.23. The number of carboxylic acid groups (broad SMARTS) is 1. The first-order valence-electron chi connectivity index (χ1n) is 6.05. The third kappa shape index (κ3) is 3.90. The highest BCUT2D eigenvalue weighted by molar-refractivity contribution is 5.85. The Morgan fingerprint density at radius 2 is 1.84 bits per heavy atom. The van der Waals surface area contributed by atoms with Gasteiger partial charge in [0.05, 0.1) is 6.54 Å². The lowest BCUT2D eigenvalue weighted by molar-refractivity contribution is -0.129. The second-order valence-corrected chi connectivity index (χ2v) is 4.00. The topological polar surface area (TPSA) is 86.6 Å². The van der Waals surface area contributed by atoms with E-state index in [1.54, 1.807) is 16.8 Å². The maximum atomic E-state index is 11.9. The summed E-state index contributed by atoms with van der Waals surface area (Å²) in [6.07, 6.45) is 0. The molecule has 1 amide bonds. The fourth-order valence-electron chi connectivity index (χ4n) is 1.60. The molecule has 0 spiro atoms. The number of rotatable bonds is 6. The van der Waals surface area contributed by atoms with Gasteiger partial charge in [0.15, 0.2) is 11.5 Å². The molecule has 0 aliphatic carbocycles. The summed E-state index contributed by atoms with van der Waals surface area (Å²) in [5, 5.41) is 16.1. The quantitative estimate of drug-likeness (QED) is 0.806. The Balaban J connectivity index is 2.70. The molecular formula is C12H18N4O3. The predicted octanol–water partition coefficient (Wildman–Crippen LogP) is 0.479. The minimum atomic E-state index is -1.12. The number of carbonyl (C=O) groups is 2. The van der Waals surface area contributed by atoms with Crippen LogP contribution in [0.2, 0.25) is 0 Å². The van der Waals surface area contributed by atoms with Crippen LogP contribution < -0.4 is 4.90 Å². The molecule has 1 N–H and O–H groups in total. The number of amides is 1. The second kappa shape index (κ2) is 6.67. The lowest BCUT2D eigenvalue weighted by Crippen LogP contribution is -2.39. The number of carbonyl (C=O) groups excluding carboxylic acids is 1. The van der Waals surface area contributed by atoms with Crippen molar-refractivity contribution in [3.05, 3.63) is 17.8 Å². The number of aromatic nitrogens is 2. The highest BCUT2D eigenvalue weighted by Gasteiger charge is 2.14. The average Bonchev–Trinajstić information content (AvgIpc) is 2.40. The Morgan fingerprint density at radius 3 is 2.26 bits per heavy atom. The van der Waals surface area contributed by atoms with Crippen molar-refractivity contribution in [2.45, 2.75) is 13.8 Å². The molecule has 0 fully saturated rings. The van der Waals surface area contributed by atoms with Gasteiger partial charge in [0.25, 0.3) is 0 Å². The van der Waals surface area contributed by atoms with E-state index in [1.165, 1.54) is 12.1 Å². The Hall–Kier alpha value is -2.18. The molecule has 0 aromatic carbocycles. The maximum absolute atomic E-state index is 11.9. The molecule has 1 aromatic rings. The molecule has 0 saturated carbocycles. The number of hydrogen-bond donors (Lipinski definition) is 1. The van der Waals surface area contributed by atoms with Crippen LogP contribution in [0.25, 0.3) is 0 Å². The van der Waals surface area contributed by atoms with Gasteiger partial charge in [-0.05, 0) is 26.0 Å². The van der Waals surface area contributed by atoms with Crippen LogP contribution in [0.3, 0.4) is 0 Å². The summed E-state index contributed by atoms with van der Waals surface area (Å²) in [4.78, 5) is 25.9. The van der Waals surface area contributed by atoms with E-state index in [0.717, 1.165) is 0 Å². The van der Waals surface area contributed by atoms with Crippen molar-refractivity contribution in [2.24, 2.45) is 0 Å². The molecule has 19 heavy (non-hydrogen) atoms.